The predicted molar refractivity (Wildman–Crippen MR) is 84.8 cm³/mol. The molecule has 1 aromatic carbocycles. The summed E-state index contributed by atoms with van der Waals surface area (Å²) < 4.78 is 0. The van der Waals surface area contributed by atoms with Crippen molar-refractivity contribution in [3.63, 3.8) is 0 Å². The Morgan fingerprint density at radius 2 is 1.42 bits per heavy atom. The van der Waals surface area contributed by atoms with E-state index in [0.29, 0.717) is 0 Å². The van der Waals surface area contributed by atoms with Crippen molar-refractivity contribution in [3.8, 4) is 5.75 Å². The third-order valence-corrected chi connectivity index (χ3v) is 4.51. The van der Waals surface area contributed by atoms with Crippen molar-refractivity contribution in [1.29, 1.82) is 0 Å². The number of aryl methyl sites for hydroxylation is 2. The number of benzene rings is 1. The molecule has 0 aromatic heterocycles. The van der Waals surface area contributed by atoms with Crippen LogP contribution in [0.15, 0.2) is 17.0 Å². The quantitative estimate of drug-likeness (QED) is 0.384. The first-order chi connectivity index (χ1) is 9.15. The maximum absolute atomic E-state index is 11.6. The summed E-state index contributed by atoms with van der Waals surface area (Å²) in [5, 5.41) is 11.6. The molecule has 1 nitrogen and oxygen atoms in total. The molecule has 0 spiro atoms. The lowest BCUT2D eigenvalue weighted by atomic mass is 10.1. The lowest BCUT2D eigenvalue weighted by Crippen LogP contribution is -1.85. The predicted octanol–water partition coefficient (Wildman–Crippen LogP) is 6.29. The summed E-state index contributed by atoms with van der Waals surface area (Å²) >= 11 is 1.89. The molecule has 1 rings (SSSR count). The molecule has 0 bridgehead atoms. The molecule has 0 heterocycles. The zero-order valence-electron chi connectivity index (χ0n) is 12.6. The number of thioether (sulfide) groups is 1. The largest absolute Gasteiger partial charge is 0.289 e. The summed E-state index contributed by atoms with van der Waals surface area (Å²) in [5.41, 5.74) is 1.75. The van der Waals surface area contributed by atoms with Crippen molar-refractivity contribution >= 4 is 11.8 Å². The van der Waals surface area contributed by atoms with Crippen LogP contribution in [0.4, 0.5) is 0 Å². The van der Waals surface area contributed by atoms with Gasteiger partial charge < -0.3 is 0 Å². The molecule has 0 amide bonds. The molecular weight excluding hydrogens is 252 g/mol. The molecule has 0 saturated heterocycles. The molecule has 0 unspecified atom stereocenters. The van der Waals surface area contributed by atoms with E-state index in [4.69, 9.17) is 0 Å². The Morgan fingerprint density at radius 1 is 0.895 bits per heavy atom. The van der Waals surface area contributed by atoms with Crippen molar-refractivity contribution in [2.75, 3.05) is 5.75 Å². The van der Waals surface area contributed by atoms with Crippen molar-refractivity contribution in [2.45, 2.75) is 70.6 Å². The van der Waals surface area contributed by atoms with Crippen LogP contribution in [-0.2, 0) is 5.11 Å². The van der Waals surface area contributed by atoms with E-state index in [-0.39, 0.29) is 5.75 Å². The van der Waals surface area contributed by atoms with Gasteiger partial charge in [-0.3, -0.25) is 5.11 Å². The van der Waals surface area contributed by atoms with E-state index >= 15 is 0 Å². The minimum Gasteiger partial charge on any atom is -0.289 e. The monoisotopic (exact) mass is 279 g/mol. The zero-order chi connectivity index (χ0) is 14.1. The average molecular weight is 279 g/mol. The molecule has 0 fully saturated rings. The highest BCUT2D eigenvalue weighted by atomic mass is 32.2. The average Bonchev–Trinajstić information content (AvgIpc) is 2.39. The standard InChI is InChI=1S/C17H27OS/c1-4-5-6-7-8-9-10-11-19-16-12-14(2)17(18)15(3)13-16/h12-13H,4-11H2,1-3H3. The fourth-order valence-corrected chi connectivity index (χ4v) is 3.35. The Morgan fingerprint density at radius 3 is 2.00 bits per heavy atom. The molecule has 0 aliphatic heterocycles. The van der Waals surface area contributed by atoms with E-state index in [9.17, 15) is 5.11 Å². The Labute approximate surface area is 122 Å². The summed E-state index contributed by atoms with van der Waals surface area (Å²) in [4.78, 5) is 1.25. The van der Waals surface area contributed by atoms with E-state index in [2.05, 4.69) is 6.92 Å². The van der Waals surface area contributed by atoms with Crippen molar-refractivity contribution < 1.29 is 5.11 Å². The van der Waals surface area contributed by atoms with Gasteiger partial charge >= 0.3 is 0 Å². The van der Waals surface area contributed by atoms with Crippen LogP contribution >= 0.6 is 11.8 Å². The summed E-state index contributed by atoms with van der Waals surface area (Å²) in [5.74, 6) is 1.37. The zero-order valence-corrected chi connectivity index (χ0v) is 13.4. The van der Waals surface area contributed by atoms with Gasteiger partial charge in [-0.15, -0.1) is 11.8 Å². The van der Waals surface area contributed by atoms with E-state index in [1.165, 1.54) is 55.6 Å². The van der Waals surface area contributed by atoms with E-state index in [1.807, 2.05) is 37.7 Å². The Kier molecular flexibility index (Phi) is 8.04. The van der Waals surface area contributed by atoms with Crippen LogP contribution in [0.3, 0.4) is 0 Å². The number of rotatable bonds is 9. The first kappa shape index (κ1) is 16.4. The van der Waals surface area contributed by atoms with Crippen molar-refractivity contribution in [1.82, 2.24) is 0 Å². The van der Waals surface area contributed by atoms with E-state index < -0.39 is 0 Å². The van der Waals surface area contributed by atoms with Gasteiger partial charge in [0.2, 0.25) is 0 Å². The molecule has 0 saturated carbocycles. The Balaban J connectivity index is 2.16. The summed E-state index contributed by atoms with van der Waals surface area (Å²) in [6.07, 6.45) is 9.49. The second kappa shape index (κ2) is 9.30. The SMILES string of the molecule is CCCCCCCCCSc1cc(C)c([O])c(C)c1. The lowest BCUT2D eigenvalue weighted by molar-refractivity contribution is 0.348. The second-order valence-electron chi connectivity index (χ2n) is 5.36. The third-order valence-electron chi connectivity index (χ3n) is 3.45. The van der Waals surface area contributed by atoms with Crippen molar-refractivity contribution in [3.05, 3.63) is 23.3 Å². The minimum atomic E-state index is 0.195. The third kappa shape index (κ3) is 6.38. The highest BCUT2D eigenvalue weighted by molar-refractivity contribution is 7.99. The van der Waals surface area contributed by atoms with Crippen LogP contribution in [0.1, 0.15) is 63.0 Å². The highest BCUT2D eigenvalue weighted by Gasteiger charge is 2.05. The molecule has 107 valence electrons. The van der Waals surface area contributed by atoms with Crippen LogP contribution < -0.4 is 0 Å². The lowest BCUT2D eigenvalue weighted by Gasteiger charge is -2.06. The number of unbranched alkanes of at least 4 members (excludes halogenated alkanes) is 6. The van der Waals surface area contributed by atoms with Gasteiger partial charge in [0.05, 0.1) is 0 Å². The maximum Gasteiger partial charge on any atom is 0.184 e. The molecular formula is C17H27OS. The first-order valence-electron chi connectivity index (χ1n) is 7.56. The molecule has 1 radical (unpaired) electrons. The molecule has 2 heteroatoms. The molecule has 0 N–H and O–H groups in total. The first-order valence-corrected chi connectivity index (χ1v) is 8.54. The van der Waals surface area contributed by atoms with Crippen LogP contribution in [0.25, 0.3) is 0 Å². The smallest absolute Gasteiger partial charge is 0.184 e. The van der Waals surface area contributed by atoms with Gasteiger partial charge in [0.25, 0.3) is 0 Å². The van der Waals surface area contributed by atoms with E-state index in [1.54, 1.807) is 0 Å². The van der Waals surface area contributed by atoms with Crippen LogP contribution in [0.5, 0.6) is 5.75 Å². The van der Waals surface area contributed by atoms with Gasteiger partial charge in [0.15, 0.2) is 5.75 Å². The minimum absolute atomic E-state index is 0.195. The van der Waals surface area contributed by atoms with Gasteiger partial charge in [-0.25, -0.2) is 0 Å². The molecule has 0 aliphatic carbocycles. The second-order valence-corrected chi connectivity index (χ2v) is 6.52. The summed E-state index contributed by atoms with van der Waals surface area (Å²) in [7, 11) is 0. The topological polar surface area (TPSA) is 19.9 Å². The summed E-state index contributed by atoms with van der Waals surface area (Å²) in [6.45, 7) is 6.08. The normalized spacial score (nSPS) is 10.9. The molecule has 0 atom stereocenters. The Bertz CT molecular complexity index is 351. The van der Waals surface area contributed by atoms with Gasteiger partial charge in [-0.05, 0) is 49.3 Å². The maximum atomic E-state index is 11.6. The van der Waals surface area contributed by atoms with Crippen LogP contribution in [0, 0.1) is 13.8 Å². The molecule has 0 aliphatic rings. The van der Waals surface area contributed by atoms with E-state index in [0.717, 1.165) is 11.1 Å². The van der Waals surface area contributed by atoms with Gasteiger partial charge in [0, 0.05) is 4.90 Å². The van der Waals surface area contributed by atoms with Crippen molar-refractivity contribution in [2.24, 2.45) is 0 Å². The van der Waals surface area contributed by atoms with Crippen LogP contribution in [0.2, 0.25) is 0 Å². The summed E-state index contributed by atoms with van der Waals surface area (Å²) in [6, 6.07) is 4.06. The fraction of sp³-hybridized carbons (Fsp3) is 0.647. The fourth-order valence-electron chi connectivity index (χ4n) is 2.24. The molecule has 19 heavy (non-hydrogen) atoms. The van der Waals surface area contributed by atoms with Gasteiger partial charge in [0.1, 0.15) is 0 Å². The van der Waals surface area contributed by atoms with Gasteiger partial charge in [-0.2, -0.15) is 0 Å². The molecule has 1 aromatic rings. The number of hydrogen-bond acceptors (Lipinski definition) is 1. The van der Waals surface area contributed by atoms with Crippen LogP contribution in [-0.4, -0.2) is 5.75 Å². The number of hydrogen-bond donors (Lipinski definition) is 0. The highest BCUT2D eigenvalue weighted by Crippen LogP contribution is 2.29. The Hall–Kier alpha value is -0.630. The van der Waals surface area contributed by atoms with Gasteiger partial charge in [-0.1, -0.05) is 45.4 Å².